The van der Waals surface area contributed by atoms with Crippen molar-refractivity contribution in [1.29, 1.82) is 0 Å². The number of aromatic hydroxyl groups is 1. The predicted molar refractivity (Wildman–Crippen MR) is 107 cm³/mol. The third-order valence-corrected chi connectivity index (χ3v) is 5.85. The zero-order valence-electron chi connectivity index (χ0n) is 16.5. The van der Waals surface area contributed by atoms with E-state index < -0.39 is 5.60 Å². The van der Waals surface area contributed by atoms with E-state index in [0.29, 0.717) is 39.0 Å². The highest BCUT2D eigenvalue weighted by Gasteiger charge is 2.47. The second-order valence-electron chi connectivity index (χ2n) is 7.91. The Hall–Kier alpha value is -3.09. The molecule has 1 atom stereocenters. The van der Waals surface area contributed by atoms with Crippen LogP contribution < -0.4 is 0 Å². The number of likely N-dealkylation sites (tertiary alicyclic amines) is 1. The molecule has 29 heavy (non-hydrogen) atoms. The molecule has 2 aliphatic rings. The smallest absolute Gasteiger partial charge is 0.410 e. The number of pyridine rings is 1. The van der Waals surface area contributed by atoms with Crippen LogP contribution in [0.4, 0.5) is 4.79 Å². The Morgan fingerprint density at radius 2 is 1.93 bits per heavy atom. The summed E-state index contributed by atoms with van der Waals surface area (Å²) in [5, 5.41) is 9.88. The molecule has 1 aromatic carbocycles. The Morgan fingerprint density at radius 3 is 2.62 bits per heavy atom. The molecule has 2 saturated heterocycles. The van der Waals surface area contributed by atoms with Gasteiger partial charge in [-0.25, -0.2) is 9.78 Å². The Kier molecular flexibility index (Phi) is 5.13. The Labute approximate surface area is 169 Å². The van der Waals surface area contributed by atoms with E-state index in [1.807, 2.05) is 18.2 Å². The number of carbonyl (C=O) groups is 2. The van der Waals surface area contributed by atoms with Crippen molar-refractivity contribution in [2.45, 2.75) is 31.3 Å². The monoisotopic (exact) mass is 395 g/mol. The Balaban J connectivity index is 1.37. The van der Waals surface area contributed by atoms with Crippen molar-refractivity contribution < 1.29 is 19.4 Å². The van der Waals surface area contributed by atoms with E-state index >= 15 is 0 Å². The van der Waals surface area contributed by atoms with Crippen LogP contribution in [0.15, 0.2) is 48.7 Å². The lowest BCUT2D eigenvalue weighted by Gasteiger charge is -2.37. The second kappa shape index (κ2) is 7.73. The van der Waals surface area contributed by atoms with Crippen molar-refractivity contribution >= 4 is 12.0 Å². The maximum absolute atomic E-state index is 12.6. The lowest BCUT2D eigenvalue weighted by molar-refractivity contribution is 0.00290. The number of piperidine rings is 1. The summed E-state index contributed by atoms with van der Waals surface area (Å²) in [7, 11) is 0. The fourth-order valence-corrected chi connectivity index (χ4v) is 4.14. The van der Waals surface area contributed by atoms with Gasteiger partial charge in [0.15, 0.2) is 5.69 Å². The van der Waals surface area contributed by atoms with Gasteiger partial charge in [-0.05, 0) is 23.6 Å². The second-order valence-corrected chi connectivity index (χ2v) is 7.91. The largest absolute Gasteiger partial charge is 0.505 e. The molecular weight excluding hydrogens is 370 g/mol. The van der Waals surface area contributed by atoms with E-state index in [-0.39, 0.29) is 29.4 Å². The molecule has 2 aromatic rings. The van der Waals surface area contributed by atoms with Crippen LogP contribution >= 0.6 is 0 Å². The summed E-state index contributed by atoms with van der Waals surface area (Å²) in [6, 6.07) is 13.2. The first kappa shape index (κ1) is 19.2. The van der Waals surface area contributed by atoms with Crippen LogP contribution in [0, 0.1) is 0 Å². The Bertz CT molecular complexity index is 894. The topological polar surface area (TPSA) is 83.0 Å². The van der Waals surface area contributed by atoms with E-state index in [1.165, 1.54) is 17.8 Å². The van der Waals surface area contributed by atoms with Crippen molar-refractivity contribution in [1.82, 2.24) is 14.8 Å². The molecule has 1 spiro atoms. The standard InChI is InChI=1S/C22H25N3O4/c1-16(17-6-3-2-4-7-17)14-25-15-22(29-21(25)28)9-12-24(13-10-22)20(27)19-18(26)8-5-11-23-19/h2-8,11,16,26H,9-10,12-15H2,1H3. The van der Waals surface area contributed by atoms with Crippen LogP contribution in [0.1, 0.15) is 41.7 Å². The van der Waals surface area contributed by atoms with Crippen LogP contribution in [0.3, 0.4) is 0 Å². The van der Waals surface area contributed by atoms with E-state index in [0.717, 1.165) is 0 Å². The molecule has 1 N–H and O–H groups in total. The van der Waals surface area contributed by atoms with Crippen LogP contribution in [-0.4, -0.2) is 63.7 Å². The van der Waals surface area contributed by atoms with Crippen LogP contribution in [0.5, 0.6) is 5.75 Å². The maximum atomic E-state index is 12.6. The first-order valence-electron chi connectivity index (χ1n) is 9.93. The number of rotatable bonds is 4. The molecule has 152 valence electrons. The first-order valence-corrected chi connectivity index (χ1v) is 9.93. The SMILES string of the molecule is CC(CN1CC2(CCN(C(=O)c3ncccc3O)CC2)OC1=O)c1ccccc1. The molecule has 0 bridgehead atoms. The summed E-state index contributed by atoms with van der Waals surface area (Å²) < 4.78 is 5.78. The van der Waals surface area contributed by atoms with Crippen molar-refractivity contribution in [2.24, 2.45) is 0 Å². The predicted octanol–water partition coefficient (Wildman–Crippen LogP) is 3.02. The molecule has 0 radical (unpaired) electrons. The summed E-state index contributed by atoms with van der Waals surface area (Å²) in [6.45, 7) is 4.18. The van der Waals surface area contributed by atoms with Gasteiger partial charge in [-0.3, -0.25) is 4.79 Å². The highest BCUT2D eigenvalue weighted by Crippen LogP contribution is 2.35. The molecule has 4 rings (SSSR count). The highest BCUT2D eigenvalue weighted by atomic mass is 16.6. The number of aromatic nitrogens is 1. The summed E-state index contributed by atoms with van der Waals surface area (Å²) >= 11 is 0. The molecule has 0 aliphatic carbocycles. The zero-order chi connectivity index (χ0) is 20.4. The number of carbonyl (C=O) groups excluding carboxylic acids is 2. The van der Waals surface area contributed by atoms with Gasteiger partial charge < -0.3 is 19.6 Å². The van der Waals surface area contributed by atoms with Crippen molar-refractivity contribution in [3.05, 3.63) is 59.9 Å². The average Bonchev–Trinajstić information content (AvgIpc) is 3.03. The average molecular weight is 395 g/mol. The lowest BCUT2D eigenvalue weighted by atomic mass is 9.90. The fraction of sp³-hybridized carbons (Fsp3) is 0.409. The lowest BCUT2D eigenvalue weighted by Crippen LogP contribution is -2.49. The molecule has 7 nitrogen and oxygen atoms in total. The number of hydrogen-bond acceptors (Lipinski definition) is 5. The van der Waals surface area contributed by atoms with Crippen LogP contribution in [-0.2, 0) is 4.74 Å². The summed E-state index contributed by atoms with van der Waals surface area (Å²) in [5.41, 5.74) is 0.707. The third kappa shape index (κ3) is 3.90. The highest BCUT2D eigenvalue weighted by molar-refractivity contribution is 5.94. The molecule has 1 unspecified atom stereocenters. The maximum Gasteiger partial charge on any atom is 0.410 e. The van der Waals surface area contributed by atoms with Gasteiger partial charge in [0.2, 0.25) is 0 Å². The number of ether oxygens (including phenoxy) is 1. The van der Waals surface area contributed by atoms with E-state index in [9.17, 15) is 14.7 Å². The van der Waals surface area contributed by atoms with Gasteiger partial charge in [0.25, 0.3) is 5.91 Å². The molecule has 7 heteroatoms. The van der Waals surface area contributed by atoms with Crippen LogP contribution in [0.2, 0.25) is 0 Å². The van der Waals surface area contributed by atoms with E-state index in [4.69, 9.17) is 4.74 Å². The van der Waals surface area contributed by atoms with Gasteiger partial charge >= 0.3 is 6.09 Å². The summed E-state index contributed by atoms with van der Waals surface area (Å²) in [5.74, 6) is -0.198. The van der Waals surface area contributed by atoms with E-state index in [2.05, 4.69) is 24.0 Å². The van der Waals surface area contributed by atoms with Crippen molar-refractivity contribution in [3.8, 4) is 5.75 Å². The van der Waals surface area contributed by atoms with Crippen LogP contribution in [0.25, 0.3) is 0 Å². The van der Waals surface area contributed by atoms with Crippen molar-refractivity contribution in [2.75, 3.05) is 26.2 Å². The quantitative estimate of drug-likeness (QED) is 0.860. The summed E-state index contributed by atoms with van der Waals surface area (Å²) in [6.07, 6.45) is 2.36. The normalized spacial score (nSPS) is 19.3. The summed E-state index contributed by atoms with van der Waals surface area (Å²) in [4.78, 5) is 32.6. The third-order valence-electron chi connectivity index (χ3n) is 5.85. The zero-order valence-corrected chi connectivity index (χ0v) is 16.5. The van der Waals surface area contributed by atoms with Gasteiger partial charge in [-0.15, -0.1) is 0 Å². The van der Waals surface area contributed by atoms with Gasteiger partial charge in [-0.1, -0.05) is 37.3 Å². The number of nitrogens with zero attached hydrogens (tertiary/aromatic N) is 3. The van der Waals surface area contributed by atoms with Gasteiger partial charge in [-0.2, -0.15) is 0 Å². The molecule has 0 saturated carbocycles. The minimum Gasteiger partial charge on any atom is -0.505 e. The molecule has 2 aliphatic heterocycles. The number of amides is 2. The minimum absolute atomic E-state index is 0.0604. The number of benzene rings is 1. The molecule has 1 aromatic heterocycles. The minimum atomic E-state index is -0.545. The number of hydrogen-bond donors (Lipinski definition) is 1. The fourth-order valence-electron chi connectivity index (χ4n) is 4.14. The molecule has 2 amide bonds. The van der Waals surface area contributed by atoms with E-state index in [1.54, 1.807) is 15.9 Å². The molecular formula is C22H25N3O4. The van der Waals surface area contributed by atoms with Gasteiger partial charge in [0.1, 0.15) is 11.4 Å². The van der Waals surface area contributed by atoms with Gasteiger partial charge in [0, 0.05) is 38.7 Å². The molecule has 2 fully saturated rings. The Morgan fingerprint density at radius 1 is 1.21 bits per heavy atom. The molecule has 3 heterocycles. The van der Waals surface area contributed by atoms with Gasteiger partial charge in [0.05, 0.1) is 6.54 Å². The first-order chi connectivity index (χ1) is 14.0. The van der Waals surface area contributed by atoms with Crippen molar-refractivity contribution in [3.63, 3.8) is 0 Å².